The van der Waals surface area contributed by atoms with Crippen LogP contribution >= 0.6 is 0 Å². The molecule has 19 heavy (non-hydrogen) atoms. The number of carboxylic acid groups (broad SMARTS) is 1. The molecule has 1 rings (SSSR count). The Morgan fingerprint density at radius 3 is 2.63 bits per heavy atom. The number of hydrogen-bond donors (Lipinski definition) is 3. The van der Waals surface area contributed by atoms with Crippen LogP contribution in [0.15, 0.2) is 12.5 Å². The fourth-order valence-corrected chi connectivity index (χ4v) is 1.62. The minimum atomic E-state index is -1.06. The van der Waals surface area contributed by atoms with E-state index >= 15 is 0 Å². The second-order valence-electron chi connectivity index (χ2n) is 4.22. The molecule has 0 radical (unpaired) electrons. The van der Waals surface area contributed by atoms with Crippen LogP contribution in [0, 0.1) is 0 Å². The maximum Gasteiger partial charge on any atom is 0.356 e. The van der Waals surface area contributed by atoms with E-state index in [0.717, 1.165) is 12.8 Å². The van der Waals surface area contributed by atoms with Crippen LogP contribution in [0.3, 0.4) is 0 Å². The summed E-state index contributed by atoms with van der Waals surface area (Å²) < 4.78 is 1.63. The molecule has 0 fully saturated rings. The number of urea groups is 1. The highest BCUT2D eigenvalue weighted by molar-refractivity contribution is 5.84. The summed E-state index contributed by atoms with van der Waals surface area (Å²) in [7, 11) is 0. The number of aromatic nitrogens is 2. The fourth-order valence-electron chi connectivity index (χ4n) is 1.62. The zero-order chi connectivity index (χ0) is 14.3. The van der Waals surface area contributed by atoms with Crippen molar-refractivity contribution in [1.82, 2.24) is 20.2 Å². The van der Waals surface area contributed by atoms with E-state index in [1.165, 1.54) is 12.5 Å². The van der Waals surface area contributed by atoms with Crippen LogP contribution in [0.4, 0.5) is 4.79 Å². The van der Waals surface area contributed by atoms with Crippen LogP contribution < -0.4 is 10.6 Å². The first-order chi connectivity index (χ1) is 9.06. The molecule has 0 bridgehead atoms. The molecule has 106 valence electrons. The lowest BCUT2D eigenvalue weighted by atomic mass is 10.2. The van der Waals surface area contributed by atoms with E-state index in [1.54, 1.807) is 4.57 Å². The van der Waals surface area contributed by atoms with Gasteiger partial charge in [-0.2, -0.15) is 0 Å². The van der Waals surface area contributed by atoms with Crippen molar-refractivity contribution in [2.75, 3.05) is 6.54 Å². The van der Waals surface area contributed by atoms with Gasteiger partial charge in [0.15, 0.2) is 5.69 Å². The second-order valence-corrected chi connectivity index (χ2v) is 4.22. The first-order valence-electron chi connectivity index (χ1n) is 6.36. The highest BCUT2D eigenvalue weighted by Crippen LogP contribution is 1.96. The van der Waals surface area contributed by atoms with Gasteiger partial charge in [-0.05, 0) is 12.8 Å². The van der Waals surface area contributed by atoms with E-state index in [0.29, 0.717) is 13.1 Å². The third-order valence-corrected chi connectivity index (χ3v) is 2.83. The zero-order valence-electron chi connectivity index (χ0n) is 11.2. The van der Waals surface area contributed by atoms with Crippen molar-refractivity contribution < 1.29 is 14.7 Å². The van der Waals surface area contributed by atoms with Gasteiger partial charge in [-0.25, -0.2) is 14.6 Å². The monoisotopic (exact) mass is 268 g/mol. The van der Waals surface area contributed by atoms with Gasteiger partial charge in [-0.3, -0.25) is 0 Å². The summed E-state index contributed by atoms with van der Waals surface area (Å²) in [6.45, 7) is 4.94. The Balaban J connectivity index is 2.29. The first kappa shape index (κ1) is 15.0. The molecule has 7 heteroatoms. The molecule has 0 unspecified atom stereocenters. The number of aromatic carboxylic acids is 1. The highest BCUT2D eigenvalue weighted by atomic mass is 16.4. The van der Waals surface area contributed by atoms with Gasteiger partial charge in [0.1, 0.15) is 0 Å². The third kappa shape index (κ3) is 4.99. The maximum absolute atomic E-state index is 11.5. The molecule has 0 aliphatic heterocycles. The highest BCUT2D eigenvalue weighted by Gasteiger charge is 2.08. The summed E-state index contributed by atoms with van der Waals surface area (Å²) in [5.74, 6) is -1.06. The van der Waals surface area contributed by atoms with Crippen LogP contribution in [0.25, 0.3) is 0 Å². The Labute approximate surface area is 112 Å². The van der Waals surface area contributed by atoms with Crippen molar-refractivity contribution in [2.45, 2.75) is 39.3 Å². The number of carbonyl (C=O) groups is 2. The standard InChI is InChI=1S/C12H20N4O3/c1-3-9(4-2)15-12(19)13-5-6-16-7-10(11(17)18)14-8-16/h7-9H,3-6H2,1-2H3,(H,17,18)(H2,13,15,19). The minimum Gasteiger partial charge on any atom is -0.476 e. The Morgan fingerprint density at radius 1 is 1.42 bits per heavy atom. The van der Waals surface area contributed by atoms with E-state index in [-0.39, 0.29) is 17.8 Å². The van der Waals surface area contributed by atoms with Gasteiger partial charge in [0, 0.05) is 25.3 Å². The molecule has 2 amide bonds. The molecule has 1 aromatic rings. The number of nitrogens with one attached hydrogen (secondary N) is 2. The number of carbonyl (C=O) groups excluding carboxylic acids is 1. The second kappa shape index (κ2) is 7.40. The number of imidazole rings is 1. The van der Waals surface area contributed by atoms with E-state index in [9.17, 15) is 9.59 Å². The Hall–Kier alpha value is -2.05. The summed E-state index contributed by atoms with van der Waals surface area (Å²) in [5.41, 5.74) is 0.00137. The van der Waals surface area contributed by atoms with Crippen molar-refractivity contribution in [3.05, 3.63) is 18.2 Å². The summed E-state index contributed by atoms with van der Waals surface area (Å²) >= 11 is 0. The number of amides is 2. The maximum atomic E-state index is 11.5. The van der Waals surface area contributed by atoms with Crippen molar-refractivity contribution >= 4 is 12.0 Å². The van der Waals surface area contributed by atoms with Crippen LogP contribution in [0.5, 0.6) is 0 Å². The quantitative estimate of drug-likeness (QED) is 0.689. The van der Waals surface area contributed by atoms with Gasteiger partial charge >= 0.3 is 12.0 Å². The smallest absolute Gasteiger partial charge is 0.356 e. The molecule has 1 heterocycles. The van der Waals surface area contributed by atoms with E-state index in [4.69, 9.17) is 5.11 Å². The number of carboxylic acids is 1. The summed E-state index contributed by atoms with van der Waals surface area (Å²) in [6.07, 6.45) is 4.66. The molecule has 1 aromatic heterocycles. The van der Waals surface area contributed by atoms with Crippen LogP contribution in [-0.2, 0) is 6.54 Å². The average Bonchev–Trinajstić information content (AvgIpc) is 2.85. The largest absolute Gasteiger partial charge is 0.476 e. The van der Waals surface area contributed by atoms with Crippen molar-refractivity contribution in [3.63, 3.8) is 0 Å². The lowest BCUT2D eigenvalue weighted by Gasteiger charge is -2.15. The molecule has 0 aliphatic rings. The van der Waals surface area contributed by atoms with Gasteiger partial charge in [-0.1, -0.05) is 13.8 Å². The van der Waals surface area contributed by atoms with E-state index in [1.807, 2.05) is 13.8 Å². The Kier molecular flexibility index (Phi) is 5.84. The molecule has 0 aromatic carbocycles. The fraction of sp³-hybridized carbons (Fsp3) is 0.583. The lowest BCUT2D eigenvalue weighted by Crippen LogP contribution is -2.42. The molecular weight excluding hydrogens is 248 g/mol. The van der Waals surface area contributed by atoms with Gasteiger partial charge in [0.2, 0.25) is 0 Å². The Bertz CT molecular complexity index is 426. The molecule has 0 atom stereocenters. The SMILES string of the molecule is CCC(CC)NC(=O)NCCn1cnc(C(=O)O)c1. The van der Waals surface area contributed by atoms with E-state index in [2.05, 4.69) is 15.6 Å². The van der Waals surface area contributed by atoms with Crippen molar-refractivity contribution in [3.8, 4) is 0 Å². The van der Waals surface area contributed by atoms with Crippen LogP contribution in [-0.4, -0.2) is 39.2 Å². The summed E-state index contributed by atoms with van der Waals surface area (Å²) in [6, 6.07) is -0.0147. The summed E-state index contributed by atoms with van der Waals surface area (Å²) in [4.78, 5) is 25.9. The molecule has 0 saturated heterocycles. The zero-order valence-corrected chi connectivity index (χ0v) is 11.2. The van der Waals surface area contributed by atoms with Gasteiger partial charge in [0.25, 0.3) is 0 Å². The molecule has 0 saturated carbocycles. The molecule has 3 N–H and O–H groups in total. The number of hydrogen-bond acceptors (Lipinski definition) is 3. The number of nitrogens with zero attached hydrogens (tertiary/aromatic N) is 2. The van der Waals surface area contributed by atoms with Crippen LogP contribution in [0.2, 0.25) is 0 Å². The predicted octanol–water partition coefficient (Wildman–Crippen LogP) is 1.07. The molecule has 0 spiro atoms. The van der Waals surface area contributed by atoms with Crippen molar-refractivity contribution in [2.24, 2.45) is 0 Å². The van der Waals surface area contributed by atoms with Gasteiger partial charge in [0.05, 0.1) is 6.33 Å². The Morgan fingerprint density at radius 2 is 2.11 bits per heavy atom. The molecule has 0 aliphatic carbocycles. The minimum absolute atomic E-state index is 0.00137. The molecular formula is C12H20N4O3. The average molecular weight is 268 g/mol. The number of rotatable bonds is 7. The topological polar surface area (TPSA) is 96.3 Å². The van der Waals surface area contributed by atoms with Crippen LogP contribution in [0.1, 0.15) is 37.2 Å². The van der Waals surface area contributed by atoms with E-state index < -0.39 is 5.97 Å². The third-order valence-electron chi connectivity index (χ3n) is 2.83. The summed E-state index contributed by atoms with van der Waals surface area (Å²) in [5, 5.41) is 14.3. The van der Waals surface area contributed by atoms with Crippen molar-refractivity contribution in [1.29, 1.82) is 0 Å². The predicted molar refractivity (Wildman–Crippen MR) is 70.1 cm³/mol. The normalized spacial score (nSPS) is 10.5. The first-order valence-corrected chi connectivity index (χ1v) is 6.36. The lowest BCUT2D eigenvalue weighted by molar-refractivity contribution is 0.0691. The van der Waals surface area contributed by atoms with Gasteiger partial charge < -0.3 is 20.3 Å². The van der Waals surface area contributed by atoms with Gasteiger partial charge in [-0.15, -0.1) is 0 Å². The molecule has 7 nitrogen and oxygen atoms in total.